The molecule has 0 heterocycles. The Labute approximate surface area is 359 Å². The molecule has 0 amide bonds. The molecule has 0 saturated carbocycles. The molecule has 12 rings (SSSR count). The van der Waals surface area contributed by atoms with Gasteiger partial charge in [-0.05, 0) is 128 Å². The predicted octanol–water partition coefficient (Wildman–Crippen LogP) is 15.3. The van der Waals surface area contributed by atoms with Gasteiger partial charge in [0.2, 0.25) is 0 Å². The van der Waals surface area contributed by atoms with E-state index in [2.05, 4.69) is 170 Å². The van der Waals surface area contributed by atoms with E-state index in [1.54, 1.807) is 0 Å². The van der Waals surface area contributed by atoms with Crippen LogP contribution >= 0.6 is 0 Å². The quantitative estimate of drug-likeness (QED) is 0.166. The van der Waals surface area contributed by atoms with Gasteiger partial charge in [-0.3, -0.25) is 0 Å². The van der Waals surface area contributed by atoms with Crippen molar-refractivity contribution in [3.05, 3.63) is 252 Å². The molecule has 60 heavy (non-hydrogen) atoms. The van der Waals surface area contributed by atoms with Crippen molar-refractivity contribution in [3.63, 3.8) is 0 Å². The molecule has 0 saturated heterocycles. The summed E-state index contributed by atoms with van der Waals surface area (Å²) in [6.45, 7) is 4.66. The molecular formula is C58H42N2. The molecule has 0 radical (unpaired) electrons. The lowest BCUT2D eigenvalue weighted by atomic mass is 9.70. The maximum atomic E-state index is 9.16. The largest absolute Gasteiger partial charge is 0.310 e. The summed E-state index contributed by atoms with van der Waals surface area (Å²) in [6, 6.07) is 64.8. The van der Waals surface area contributed by atoms with Crippen LogP contribution in [0.1, 0.15) is 54.1 Å². The van der Waals surface area contributed by atoms with Crippen LogP contribution in [0.4, 0.5) is 34.1 Å². The van der Waals surface area contributed by atoms with Crippen molar-refractivity contribution in [2.24, 2.45) is 0 Å². The summed E-state index contributed by atoms with van der Waals surface area (Å²) >= 11 is 0. The van der Waals surface area contributed by atoms with Gasteiger partial charge in [0.15, 0.2) is 0 Å². The highest BCUT2D eigenvalue weighted by Crippen LogP contribution is 2.65. The summed E-state index contributed by atoms with van der Waals surface area (Å²) in [5, 5.41) is 0. The first-order valence-electron chi connectivity index (χ1n) is 23.1. The Hall–Kier alpha value is -7.42. The maximum Gasteiger partial charge on any atom is 0.0727 e. The summed E-state index contributed by atoms with van der Waals surface area (Å²) in [4.78, 5) is 4.24. The van der Waals surface area contributed by atoms with Gasteiger partial charge in [-0.25, -0.2) is 0 Å². The highest BCUT2D eigenvalue weighted by Gasteiger charge is 2.52. The summed E-state index contributed by atoms with van der Waals surface area (Å²) in [7, 11) is 0. The normalized spacial score (nSPS) is 16.9. The molecule has 9 aromatic carbocycles. The second-order valence-electron chi connectivity index (χ2n) is 16.5. The lowest BCUT2D eigenvalue weighted by Gasteiger charge is -2.33. The van der Waals surface area contributed by atoms with Crippen LogP contribution in [0.3, 0.4) is 0 Å². The van der Waals surface area contributed by atoms with E-state index in [4.69, 9.17) is 6.85 Å². The lowest BCUT2D eigenvalue weighted by molar-refractivity contribution is 0.660. The second-order valence-corrected chi connectivity index (χ2v) is 16.5. The Balaban J connectivity index is 1.13. The van der Waals surface area contributed by atoms with Crippen LogP contribution < -0.4 is 9.80 Å². The molecule has 3 aliphatic carbocycles. The van der Waals surface area contributed by atoms with E-state index in [9.17, 15) is 0 Å². The van der Waals surface area contributed by atoms with Crippen molar-refractivity contribution < 1.29 is 6.85 Å². The molecule has 1 atom stereocenters. The van der Waals surface area contributed by atoms with Crippen molar-refractivity contribution >= 4 is 34.1 Å². The van der Waals surface area contributed by atoms with Crippen molar-refractivity contribution in [2.45, 2.75) is 24.7 Å². The topological polar surface area (TPSA) is 6.48 Å². The minimum absolute atomic E-state index is 0.0975. The number of nitrogens with zero attached hydrogens (tertiary/aromatic N) is 2. The molecule has 0 aliphatic heterocycles. The third-order valence-electron chi connectivity index (χ3n) is 13.1. The average Bonchev–Trinajstić information content (AvgIpc) is 3.90. The first-order valence-corrected chi connectivity index (χ1v) is 20.6. The van der Waals surface area contributed by atoms with Crippen LogP contribution in [0.2, 0.25) is 0 Å². The lowest BCUT2D eigenvalue weighted by Crippen LogP contribution is -2.26. The van der Waals surface area contributed by atoms with Gasteiger partial charge in [-0.2, -0.15) is 0 Å². The Bertz CT molecular complexity index is 3410. The number of hydrogen-bond donors (Lipinski definition) is 0. The molecule has 0 bridgehead atoms. The van der Waals surface area contributed by atoms with Gasteiger partial charge >= 0.3 is 0 Å². The van der Waals surface area contributed by atoms with Crippen LogP contribution in [-0.2, 0) is 10.8 Å². The highest BCUT2D eigenvalue weighted by molar-refractivity contribution is 6.02. The third-order valence-corrected chi connectivity index (χ3v) is 13.1. The Morgan fingerprint density at radius 1 is 0.350 bits per heavy atom. The minimum Gasteiger partial charge on any atom is -0.310 e. The van der Waals surface area contributed by atoms with E-state index in [-0.39, 0.29) is 35.3 Å². The van der Waals surface area contributed by atoms with Crippen LogP contribution in [-0.4, -0.2) is 0 Å². The van der Waals surface area contributed by atoms with Gasteiger partial charge in [0.25, 0.3) is 0 Å². The van der Waals surface area contributed by atoms with E-state index in [0.29, 0.717) is 11.4 Å². The van der Waals surface area contributed by atoms with Gasteiger partial charge < -0.3 is 9.80 Å². The monoisotopic (exact) mass is 771 g/mol. The van der Waals surface area contributed by atoms with Gasteiger partial charge in [0.05, 0.1) is 18.0 Å². The second kappa shape index (κ2) is 13.0. The molecule has 3 aliphatic rings. The first kappa shape index (κ1) is 29.7. The van der Waals surface area contributed by atoms with Gasteiger partial charge in [0.1, 0.15) is 0 Å². The van der Waals surface area contributed by atoms with E-state index in [1.807, 2.05) is 41.3 Å². The zero-order valence-corrected chi connectivity index (χ0v) is 33.3. The Morgan fingerprint density at radius 3 is 1.52 bits per heavy atom. The number of fused-ring (bicyclic) bond motifs is 13. The average molecular weight is 772 g/mol. The van der Waals surface area contributed by atoms with Gasteiger partial charge in [0, 0.05) is 39.4 Å². The fourth-order valence-corrected chi connectivity index (χ4v) is 10.7. The van der Waals surface area contributed by atoms with Gasteiger partial charge in [-0.1, -0.05) is 165 Å². The van der Waals surface area contributed by atoms with Crippen molar-refractivity contribution in [2.75, 3.05) is 9.80 Å². The number of rotatable bonds is 6. The molecule has 1 unspecified atom stereocenters. The number of hydrogen-bond acceptors (Lipinski definition) is 2. The molecule has 2 heteroatoms. The molecule has 1 spiro atoms. The summed E-state index contributed by atoms with van der Waals surface area (Å²) in [5.74, 6) is 0. The van der Waals surface area contributed by atoms with Crippen molar-refractivity contribution in [1.29, 1.82) is 0 Å². The van der Waals surface area contributed by atoms with Crippen LogP contribution in [0.5, 0.6) is 0 Å². The van der Waals surface area contributed by atoms with Crippen LogP contribution in [0, 0.1) is 0 Å². The fraction of sp³-hybridized carbons (Fsp3) is 0.0690. The summed E-state index contributed by atoms with van der Waals surface area (Å²) < 4.78 is 44.1. The third kappa shape index (κ3) is 4.76. The molecule has 284 valence electrons. The van der Waals surface area contributed by atoms with Crippen molar-refractivity contribution in [3.8, 4) is 33.4 Å². The molecule has 2 nitrogen and oxygen atoms in total. The standard InChI is InChI=1S/C58H42N2/c1-57(2)49-28-15-12-25-44(49)46-35-34-43(37-53(46)57)60(41-23-10-5-11-24-41)55-32-18-31-52-56(55)48-27-14-17-30-51(48)58(52)50-29-16-13-26-45(50)47-36-33-42(38-54(47)58)59(39-19-6-3-7-20-39)40-21-8-4-9-22-40/h3-38H,1-2H3/i3D,6D,7D,19D,20D. The highest BCUT2D eigenvalue weighted by atomic mass is 15.2. The number of anilines is 6. The SMILES string of the molecule is [2H]c1c([2H])c([2H])c(N(c2ccccc2)c2ccc3c(c2)C2(c4ccccc4-3)c3ccccc3-c3c(N(c4ccccc4)c4ccc5c(c4)C(C)(C)c4ccccc4-5)cccc32)c([2H])c1[2H]. The van der Waals surface area contributed by atoms with E-state index in [1.165, 1.54) is 33.4 Å². The molecule has 0 aromatic heterocycles. The Morgan fingerprint density at radius 2 is 0.833 bits per heavy atom. The number of benzene rings is 9. The zero-order valence-electron chi connectivity index (χ0n) is 38.3. The predicted molar refractivity (Wildman–Crippen MR) is 250 cm³/mol. The fourth-order valence-electron chi connectivity index (χ4n) is 10.7. The van der Waals surface area contributed by atoms with Crippen LogP contribution in [0.15, 0.2) is 218 Å². The van der Waals surface area contributed by atoms with E-state index >= 15 is 0 Å². The van der Waals surface area contributed by atoms with E-state index < -0.39 is 11.5 Å². The van der Waals surface area contributed by atoms with Gasteiger partial charge in [-0.15, -0.1) is 0 Å². The number of para-hydroxylation sites is 3. The van der Waals surface area contributed by atoms with Crippen molar-refractivity contribution in [1.82, 2.24) is 0 Å². The maximum absolute atomic E-state index is 9.16. The smallest absolute Gasteiger partial charge is 0.0727 e. The molecular weight excluding hydrogens is 725 g/mol. The molecule has 0 N–H and O–H groups in total. The van der Waals surface area contributed by atoms with E-state index in [0.717, 1.165) is 50.4 Å². The minimum atomic E-state index is -0.754. The van der Waals surface area contributed by atoms with Crippen LogP contribution in [0.25, 0.3) is 33.4 Å². The molecule has 9 aromatic rings. The zero-order chi connectivity index (χ0) is 44.4. The molecule has 0 fully saturated rings. The first-order chi connectivity index (χ1) is 31.6. The summed E-state index contributed by atoms with van der Waals surface area (Å²) in [5.41, 5.74) is 18.0. The Kier molecular flexibility index (Phi) is 6.47. The summed E-state index contributed by atoms with van der Waals surface area (Å²) in [6.07, 6.45) is 0.